The summed E-state index contributed by atoms with van der Waals surface area (Å²) in [5, 5.41) is 0. The van der Waals surface area contributed by atoms with Crippen molar-refractivity contribution < 1.29 is 4.48 Å². The minimum atomic E-state index is 1.02. The molecule has 0 aromatic heterocycles. The monoisotopic (exact) mass is 599 g/mol. The van der Waals surface area contributed by atoms with Crippen LogP contribution in [0.15, 0.2) is 18.2 Å². The molecule has 1 aromatic rings. The van der Waals surface area contributed by atoms with E-state index >= 15 is 0 Å². The predicted octanol–water partition coefficient (Wildman–Crippen LogP) is 13.9. The Kier molecular flexibility index (Phi) is 26.8. The summed E-state index contributed by atoms with van der Waals surface area (Å²) in [4.78, 5) is 0. The van der Waals surface area contributed by atoms with Crippen molar-refractivity contribution in [2.75, 3.05) is 21.1 Å². The van der Waals surface area contributed by atoms with Crippen molar-refractivity contribution in [2.24, 2.45) is 0 Å². The molecular formula is C42H80N+. The largest absolute Gasteiger partial charge is 0.327 e. The van der Waals surface area contributed by atoms with Crippen LogP contribution in [0, 0.1) is 0 Å². The molecule has 0 spiro atoms. The minimum Gasteiger partial charge on any atom is -0.327 e. The molecule has 252 valence electrons. The first-order valence-corrected chi connectivity index (χ1v) is 19.9. The number of aryl methyl sites for hydroxylation is 1. The summed E-state index contributed by atoms with van der Waals surface area (Å²) in [6, 6.07) is 7.23. The average molecular weight is 599 g/mol. The van der Waals surface area contributed by atoms with Gasteiger partial charge in [0.2, 0.25) is 0 Å². The fourth-order valence-electron chi connectivity index (χ4n) is 6.91. The van der Waals surface area contributed by atoms with E-state index in [1.807, 2.05) is 0 Å². The van der Waals surface area contributed by atoms with Gasteiger partial charge in [-0.1, -0.05) is 199 Å². The van der Waals surface area contributed by atoms with Gasteiger partial charge in [-0.15, -0.1) is 0 Å². The molecule has 1 rings (SSSR count). The number of hydrogen-bond donors (Lipinski definition) is 0. The molecule has 1 heteroatoms. The zero-order valence-corrected chi connectivity index (χ0v) is 30.6. The van der Waals surface area contributed by atoms with Crippen LogP contribution in [0.4, 0.5) is 0 Å². The minimum absolute atomic E-state index is 1.02. The zero-order chi connectivity index (χ0) is 31.3. The van der Waals surface area contributed by atoms with Crippen LogP contribution >= 0.6 is 0 Å². The van der Waals surface area contributed by atoms with Crippen molar-refractivity contribution >= 4 is 0 Å². The number of rotatable bonds is 32. The third-order valence-electron chi connectivity index (χ3n) is 9.59. The van der Waals surface area contributed by atoms with Crippen molar-refractivity contribution in [3.8, 4) is 0 Å². The second kappa shape index (κ2) is 28.6. The molecule has 0 saturated carbocycles. The topological polar surface area (TPSA) is 0 Å². The Hall–Kier alpha value is -0.820. The number of nitrogens with zero attached hydrogens (tertiary/aromatic N) is 1. The van der Waals surface area contributed by atoms with E-state index in [4.69, 9.17) is 0 Å². The van der Waals surface area contributed by atoms with Gasteiger partial charge in [0.25, 0.3) is 0 Å². The van der Waals surface area contributed by atoms with Gasteiger partial charge in [-0.05, 0) is 36.8 Å². The van der Waals surface area contributed by atoms with Crippen LogP contribution in [0.3, 0.4) is 0 Å². The molecule has 0 saturated heterocycles. The predicted molar refractivity (Wildman–Crippen MR) is 196 cm³/mol. The Bertz CT molecular complexity index is 714. The summed E-state index contributed by atoms with van der Waals surface area (Å²) >= 11 is 0. The highest BCUT2D eigenvalue weighted by Crippen LogP contribution is 2.24. The summed E-state index contributed by atoms with van der Waals surface area (Å²) in [6.07, 6.45) is 42.9. The maximum Gasteiger partial charge on any atom is 0.104 e. The van der Waals surface area contributed by atoms with Crippen LogP contribution in [0.2, 0.25) is 0 Å². The highest BCUT2D eigenvalue weighted by molar-refractivity contribution is 5.35. The fourth-order valence-corrected chi connectivity index (χ4v) is 6.91. The lowest BCUT2D eigenvalue weighted by Crippen LogP contribution is -2.33. The molecule has 43 heavy (non-hydrogen) atoms. The molecule has 0 amide bonds. The molecule has 0 atom stereocenters. The number of unbranched alkanes of at least 4 members (excludes halogenated alkanes) is 26. The lowest BCUT2D eigenvalue weighted by molar-refractivity contribution is -0.884. The van der Waals surface area contributed by atoms with E-state index in [0.717, 1.165) is 11.0 Å². The quantitative estimate of drug-likeness (QED) is 0.0571. The maximum absolute atomic E-state index is 2.46. The van der Waals surface area contributed by atoms with Gasteiger partial charge < -0.3 is 4.48 Å². The van der Waals surface area contributed by atoms with Gasteiger partial charge in [-0.2, -0.15) is 0 Å². The Morgan fingerprint density at radius 2 is 0.674 bits per heavy atom. The molecule has 0 radical (unpaired) electrons. The lowest BCUT2D eigenvalue weighted by atomic mass is 9.92. The van der Waals surface area contributed by atoms with Gasteiger partial charge in [0, 0.05) is 5.56 Å². The third kappa shape index (κ3) is 25.1. The van der Waals surface area contributed by atoms with Gasteiger partial charge in [0.15, 0.2) is 0 Å². The first-order valence-electron chi connectivity index (χ1n) is 19.9. The van der Waals surface area contributed by atoms with Crippen LogP contribution in [-0.2, 0) is 19.4 Å². The van der Waals surface area contributed by atoms with Crippen LogP contribution < -0.4 is 0 Å². The van der Waals surface area contributed by atoms with Gasteiger partial charge >= 0.3 is 0 Å². The normalized spacial score (nSPS) is 11.9. The Balaban J connectivity index is 2.23. The van der Waals surface area contributed by atoms with E-state index in [-0.39, 0.29) is 0 Å². The standard InChI is InChI=1S/C42H80N/c1-6-8-10-12-14-16-18-20-22-24-26-28-30-32-35-40-36-34-37-41(39-43(3,4)5)42(40)38-33-31-29-27-25-23-21-19-17-15-13-11-9-7-2/h34,36-37H,6-33,35,38-39H2,1-5H3/q+1. The summed E-state index contributed by atoms with van der Waals surface area (Å²) in [5.74, 6) is 0. The van der Waals surface area contributed by atoms with E-state index in [9.17, 15) is 0 Å². The molecule has 1 nitrogen and oxygen atoms in total. The van der Waals surface area contributed by atoms with Crippen LogP contribution in [-0.4, -0.2) is 25.6 Å². The Morgan fingerprint density at radius 3 is 1.02 bits per heavy atom. The molecule has 1 aromatic carbocycles. The number of hydrogen-bond acceptors (Lipinski definition) is 0. The van der Waals surface area contributed by atoms with Crippen molar-refractivity contribution in [3.63, 3.8) is 0 Å². The molecule has 0 bridgehead atoms. The maximum atomic E-state index is 2.46. The first kappa shape index (κ1) is 40.2. The second-order valence-corrected chi connectivity index (χ2v) is 15.2. The first-order chi connectivity index (χ1) is 21.0. The average Bonchev–Trinajstić information content (AvgIpc) is 2.97. The lowest BCUT2D eigenvalue weighted by Gasteiger charge is -2.26. The summed E-state index contributed by atoms with van der Waals surface area (Å²) in [6.45, 7) is 5.77. The van der Waals surface area contributed by atoms with Crippen molar-refractivity contribution in [2.45, 2.75) is 213 Å². The van der Waals surface area contributed by atoms with E-state index in [0.29, 0.717) is 0 Å². The fraction of sp³-hybridized carbons (Fsp3) is 0.857. The number of benzene rings is 1. The molecule has 0 aliphatic heterocycles. The highest BCUT2D eigenvalue weighted by Gasteiger charge is 2.15. The SMILES string of the molecule is CCCCCCCCCCCCCCCCc1cccc(C[N+](C)(C)C)c1CCCCCCCCCCCCCCCC. The molecule has 0 aliphatic carbocycles. The molecule has 0 heterocycles. The zero-order valence-electron chi connectivity index (χ0n) is 30.6. The molecule has 0 aliphatic rings. The molecule has 0 unspecified atom stereocenters. The van der Waals surface area contributed by atoms with Crippen LogP contribution in [0.1, 0.15) is 210 Å². The van der Waals surface area contributed by atoms with Gasteiger partial charge in [-0.25, -0.2) is 0 Å². The van der Waals surface area contributed by atoms with E-state index in [1.165, 1.54) is 193 Å². The van der Waals surface area contributed by atoms with Crippen LogP contribution in [0.5, 0.6) is 0 Å². The Morgan fingerprint density at radius 1 is 0.372 bits per heavy atom. The van der Waals surface area contributed by atoms with Gasteiger partial charge in [-0.3, -0.25) is 0 Å². The Labute approximate surface area is 273 Å². The summed E-state index contributed by atoms with van der Waals surface area (Å²) in [7, 11) is 7.03. The smallest absolute Gasteiger partial charge is 0.104 e. The second-order valence-electron chi connectivity index (χ2n) is 15.2. The van der Waals surface area contributed by atoms with Gasteiger partial charge in [0.05, 0.1) is 21.1 Å². The summed E-state index contributed by atoms with van der Waals surface area (Å²) in [5.41, 5.74) is 4.99. The third-order valence-corrected chi connectivity index (χ3v) is 9.59. The van der Waals surface area contributed by atoms with E-state index < -0.39 is 0 Å². The molecular weight excluding hydrogens is 518 g/mol. The highest BCUT2D eigenvalue weighted by atomic mass is 15.3. The van der Waals surface area contributed by atoms with Crippen molar-refractivity contribution in [1.82, 2.24) is 0 Å². The van der Waals surface area contributed by atoms with Gasteiger partial charge in [0.1, 0.15) is 6.54 Å². The molecule has 0 N–H and O–H groups in total. The number of quaternary nitrogens is 1. The van der Waals surface area contributed by atoms with Crippen molar-refractivity contribution in [3.05, 3.63) is 34.9 Å². The summed E-state index contributed by atoms with van der Waals surface area (Å²) < 4.78 is 1.02. The van der Waals surface area contributed by atoms with Crippen LogP contribution in [0.25, 0.3) is 0 Å². The van der Waals surface area contributed by atoms with Crippen molar-refractivity contribution in [1.29, 1.82) is 0 Å². The van der Waals surface area contributed by atoms with E-state index in [1.54, 1.807) is 16.7 Å². The van der Waals surface area contributed by atoms with E-state index in [2.05, 4.69) is 53.2 Å². The molecule has 0 fully saturated rings.